The molecule has 1 aromatic carbocycles. The Morgan fingerprint density at radius 3 is 2.59 bits per heavy atom. The van der Waals surface area contributed by atoms with E-state index in [1.807, 2.05) is 0 Å². The van der Waals surface area contributed by atoms with Crippen LogP contribution in [0, 0.1) is 17.6 Å². The van der Waals surface area contributed by atoms with Crippen molar-refractivity contribution in [2.45, 2.75) is 68.7 Å². The van der Waals surface area contributed by atoms with E-state index in [0.717, 1.165) is 50.7 Å². The van der Waals surface area contributed by atoms with E-state index in [0.29, 0.717) is 25.3 Å². The zero-order chi connectivity index (χ0) is 28.6. The summed E-state index contributed by atoms with van der Waals surface area (Å²) in [5.74, 6) is -2.41. The standard InChI is InChI=1S/C29H32F2N6O4/c30-17-6-7-18(20(31)14-17)25-15-22(36-41-25)27(40)34-21-8-13-37(23-4-1-2-5-24(23)38)16-19(21)26(39)35-29(9-10-29)28-32-11-3-12-33-28/h3,6-7,11-12,14-15,19,21,23-24,38H,1-2,4-5,8-10,13,16H2,(H,34,40)(H,35,39)/t19-,21-,23+,24+/m1/s1. The van der Waals surface area contributed by atoms with Crippen molar-refractivity contribution in [3.8, 4) is 11.3 Å². The van der Waals surface area contributed by atoms with Gasteiger partial charge >= 0.3 is 0 Å². The number of nitrogens with one attached hydrogen (secondary N) is 2. The molecule has 41 heavy (non-hydrogen) atoms. The minimum absolute atomic E-state index is 0.0124. The summed E-state index contributed by atoms with van der Waals surface area (Å²) in [4.78, 5) is 37.9. The van der Waals surface area contributed by atoms with Crippen LogP contribution in [0.5, 0.6) is 0 Å². The number of nitrogens with zero attached hydrogens (tertiary/aromatic N) is 4. The summed E-state index contributed by atoms with van der Waals surface area (Å²) in [7, 11) is 0. The normalized spacial score (nSPS) is 25.8. The Balaban J connectivity index is 1.20. The molecule has 2 saturated carbocycles. The maximum absolute atomic E-state index is 14.2. The molecule has 1 aliphatic heterocycles. The number of hydrogen-bond acceptors (Lipinski definition) is 8. The lowest BCUT2D eigenvalue weighted by molar-refractivity contribution is -0.130. The van der Waals surface area contributed by atoms with Gasteiger partial charge in [-0.15, -0.1) is 0 Å². The second-order valence-electron chi connectivity index (χ2n) is 11.2. The first-order chi connectivity index (χ1) is 19.8. The molecule has 3 heterocycles. The van der Waals surface area contributed by atoms with Gasteiger partial charge in [0.2, 0.25) is 5.91 Å². The summed E-state index contributed by atoms with van der Waals surface area (Å²) in [6.07, 6.45) is 8.36. The molecule has 0 spiro atoms. The molecular weight excluding hydrogens is 534 g/mol. The van der Waals surface area contributed by atoms with Gasteiger partial charge in [-0.1, -0.05) is 18.0 Å². The minimum atomic E-state index is -0.835. The van der Waals surface area contributed by atoms with Gasteiger partial charge in [0.1, 0.15) is 11.6 Å². The van der Waals surface area contributed by atoms with Gasteiger partial charge in [-0.3, -0.25) is 14.5 Å². The van der Waals surface area contributed by atoms with Crippen molar-refractivity contribution in [1.82, 2.24) is 30.7 Å². The molecule has 6 rings (SSSR count). The molecule has 3 aromatic rings. The van der Waals surface area contributed by atoms with E-state index in [1.54, 1.807) is 18.5 Å². The lowest BCUT2D eigenvalue weighted by Crippen LogP contribution is -2.60. The van der Waals surface area contributed by atoms with E-state index in [-0.39, 0.29) is 29.0 Å². The monoisotopic (exact) mass is 566 g/mol. The number of benzene rings is 1. The maximum Gasteiger partial charge on any atom is 0.273 e. The second-order valence-corrected chi connectivity index (χ2v) is 11.2. The molecule has 0 unspecified atom stereocenters. The number of rotatable bonds is 7. The van der Waals surface area contributed by atoms with Crippen molar-refractivity contribution in [3.63, 3.8) is 0 Å². The molecule has 2 amide bonds. The molecule has 3 fully saturated rings. The molecule has 3 N–H and O–H groups in total. The predicted octanol–water partition coefficient (Wildman–Crippen LogP) is 2.94. The zero-order valence-electron chi connectivity index (χ0n) is 22.4. The van der Waals surface area contributed by atoms with Crippen LogP contribution in [-0.4, -0.2) is 68.2 Å². The first-order valence-electron chi connectivity index (χ1n) is 14.1. The third kappa shape index (κ3) is 5.71. The molecule has 2 aliphatic carbocycles. The van der Waals surface area contributed by atoms with Gasteiger partial charge < -0.3 is 20.3 Å². The lowest BCUT2D eigenvalue weighted by atomic mass is 9.85. The molecule has 12 heteroatoms. The first-order valence-corrected chi connectivity index (χ1v) is 14.1. The molecule has 1 saturated heterocycles. The fourth-order valence-corrected chi connectivity index (χ4v) is 6.08. The molecule has 0 bridgehead atoms. The number of aromatic nitrogens is 3. The largest absolute Gasteiger partial charge is 0.391 e. The van der Waals surface area contributed by atoms with Crippen molar-refractivity contribution in [3.05, 3.63) is 65.9 Å². The van der Waals surface area contributed by atoms with E-state index in [9.17, 15) is 23.5 Å². The third-order valence-electron chi connectivity index (χ3n) is 8.51. The Morgan fingerprint density at radius 2 is 1.85 bits per heavy atom. The van der Waals surface area contributed by atoms with Crippen LogP contribution in [0.15, 0.2) is 47.2 Å². The first kappa shape index (κ1) is 27.4. The van der Waals surface area contributed by atoms with Crippen LogP contribution < -0.4 is 10.6 Å². The third-order valence-corrected chi connectivity index (χ3v) is 8.51. The van der Waals surface area contributed by atoms with Crippen LogP contribution in [0.25, 0.3) is 11.3 Å². The highest BCUT2D eigenvalue weighted by molar-refractivity contribution is 5.94. The molecule has 216 valence electrons. The van der Waals surface area contributed by atoms with Crippen molar-refractivity contribution >= 4 is 11.8 Å². The number of likely N-dealkylation sites (tertiary alicyclic amines) is 1. The average molecular weight is 567 g/mol. The Morgan fingerprint density at radius 1 is 1.07 bits per heavy atom. The molecule has 10 nitrogen and oxygen atoms in total. The van der Waals surface area contributed by atoms with Gasteiger partial charge in [0, 0.05) is 49.7 Å². The minimum Gasteiger partial charge on any atom is -0.391 e. The van der Waals surface area contributed by atoms with Gasteiger partial charge in [-0.2, -0.15) is 0 Å². The van der Waals surface area contributed by atoms with Crippen molar-refractivity contribution in [1.29, 1.82) is 0 Å². The van der Waals surface area contributed by atoms with Gasteiger partial charge in [0.25, 0.3) is 5.91 Å². The molecular formula is C29H32F2N6O4. The SMILES string of the molecule is O=C(N[C@@H]1CCN([C@H]2CCCC[C@@H]2O)C[C@H]1C(=O)NC1(c2ncccn2)CC1)c1cc(-c2ccc(F)cc2F)on1. The zero-order valence-corrected chi connectivity index (χ0v) is 22.4. The van der Waals surface area contributed by atoms with Crippen molar-refractivity contribution in [2.24, 2.45) is 5.92 Å². The summed E-state index contributed by atoms with van der Waals surface area (Å²) in [5.41, 5.74) is -0.725. The van der Waals surface area contributed by atoms with E-state index in [2.05, 4.69) is 30.7 Å². The van der Waals surface area contributed by atoms with E-state index < -0.39 is 41.1 Å². The van der Waals surface area contributed by atoms with E-state index in [4.69, 9.17) is 4.52 Å². The summed E-state index contributed by atoms with van der Waals surface area (Å²) in [6.45, 7) is 0.976. The highest BCUT2D eigenvalue weighted by Crippen LogP contribution is 2.44. The second kappa shape index (κ2) is 11.2. The van der Waals surface area contributed by atoms with Gasteiger partial charge in [-0.05, 0) is 50.3 Å². The van der Waals surface area contributed by atoms with Crippen LogP contribution in [0.1, 0.15) is 61.3 Å². The Labute approximate surface area is 235 Å². The molecule has 0 radical (unpaired) electrons. The Bertz CT molecular complexity index is 1420. The number of hydrogen-bond donors (Lipinski definition) is 3. The molecule has 4 atom stereocenters. The number of amides is 2. The topological polar surface area (TPSA) is 133 Å². The van der Waals surface area contributed by atoms with Gasteiger partial charge in [0.05, 0.1) is 23.1 Å². The number of aliphatic hydroxyl groups is 1. The van der Waals surface area contributed by atoms with Crippen molar-refractivity contribution < 1.29 is 28.0 Å². The summed E-state index contributed by atoms with van der Waals surface area (Å²) in [5, 5.41) is 20.6. The fraction of sp³-hybridized carbons (Fsp3) is 0.483. The van der Waals surface area contributed by atoms with Crippen LogP contribution in [-0.2, 0) is 10.3 Å². The number of carbonyl (C=O) groups excluding carboxylic acids is 2. The Kier molecular flexibility index (Phi) is 7.52. The highest BCUT2D eigenvalue weighted by Gasteiger charge is 2.50. The smallest absolute Gasteiger partial charge is 0.273 e. The van der Waals surface area contributed by atoms with E-state index in [1.165, 1.54) is 12.1 Å². The number of aliphatic hydroxyl groups excluding tert-OH is 1. The fourth-order valence-electron chi connectivity index (χ4n) is 6.08. The van der Waals surface area contributed by atoms with E-state index >= 15 is 0 Å². The predicted molar refractivity (Wildman–Crippen MR) is 142 cm³/mol. The average Bonchev–Trinajstić information content (AvgIpc) is 3.59. The van der Waals surface area contributed by atoms with Gasteiger partial charge in [-0.25, -0.2) is 18.7 Å². The maximum atomic E-state index is 14.2. The summed E-state index contributed by atoms with van der Waals surface area (Å²) in [6, 6.07) is 5.49. The highest BCUT2D eigenvalue weighted by atomic mass is 19.1. The van der Waals surface area contributed by atoms with Crippen LogP contribution in [0.2, 0.25) is 0 Å². The quantitative estimate of drug-likeness (QED) is 0.398. The van der Waals surface area contributed by atoms with Crippen LogP contribution >= 0.6 is 0 Å². The van der Waals surface area contributed by atoms with Crippen molar-refractivity contribution in [2.75, 3.05) is 13.1 Å². The summed E-state index contributed by atoms with van der Waals surface area (Å²) < 4.78 is 32.7. The number of carbonyl (C=O) groups is 2. The summed E-state index contributed by atoms with van der Waals surface area (Å²) >= 11 is 0. The van der Waals surface area contributed by atoms with Crippen LogP contribution in [0.3, 0.4) is 0 Å². The number of halogens is 2. The molecule has 3 aliphatic rings. The Hall–Kier alpha value is -3.77. The van der Waals surface area contributed by atoms with Crippen LogP contribution in [0.4, 0.5) is 8.78 Å². The van der Waals surface area contributed by atoms with Gasteiger partial charge in [0.15, 0.2) is 17.3 Å². The molecule has 2 aromatic heterocycles. The lowest BCUT2D eigenvalue weighted by Gasteiger charge is -2.44. The number of piperidine rings is 1.